The lowest BCUT2D eigenvalue weighted by molar-refractivity contribution is 0.0952. The highest BCUT2D eigenvalue weighted by Crippen LogP contribution is 2.19. The van der Waals surface area contributed by atoms with Crippen LogP contribution in [0.5, 0.6) is 0 Å². The standard InChI is InChI=1S/C18H25ClN4O/c1-4-9-20-10-11-21-18(24)17-13(2)22-23(14(17)3)12-15-7-5-6-8-16(15)19/h5-8,20H,4,9-12H2,1-3H3,(H,21,24). The van der Waals surface area contributed by atoms with Crippen LogP contribution < -0.4 is 10.6 Å². The molecule has 0 unspecified atom stereocenters. The largest absolute Gasteiger partial charge is 0.351 e. The van der Waals surface area contributed by atoms with Crippen LogP contribution in [0.4, 0.5) is 0 Å². The molecule has 0 aliphatic rings. The van der Waals surface area contributed by atoms with Crippen molar-refractivity contribution in [2.75, 3.05) is 19.6 Å². The van der Waals surface area contributed by atoms with E-state index in [9.17, 15) is 4.79 Å². The van der Waals surface area contributed by atoms with Crippen molar-refractivity contribution in [3.8, 4) is 0 Å². The van der Waals surface area contributed by atoms with E-state index in [-0.39, 0.29) is 5.91 Å². The molecule has 1 aromatic heterocycles. The highest BCUT2D eigenvalue weighted by atomic mass is 35.5. The maximum Gasteiger partial charge on any atom is 0.255 e. The fourth-order valence-corrected chi connectivity index (χ4v) is 2.82. The summed E-state index contributed by atoms with van der Waals surface area (Å²) in [5, 5.41) is 11.4. The predicted molar refractivity (Wildman–Crippen MR) is 97.7 cm³/mol. The number of hydrogen-bond acceptors (Lipinski definition) is 3. The summed E-state index contributed by atoms with van der Waals surface area (Å²) in [5.74, 6) is -0.0753. The third-order valence-corrected chi connectivity index (χ3v) is 4.27. The van der Waals surface area contributed by atoms with Gasteiger partial charge in [0.2, 0.25) is 0 Å². The molecule has 24 heavy (non-hydrogen) atoms. The molecule has 1 amide bonds. The first kappa shape index (κ1) is 18.5. The third-order valence-electron chi connectivity index (χ3n) is 3.90. The molecule has 2 N–H and O–H groups in total. The molecule has 2 rings (SSSR count). The van der Waals surface area contributed by atoms with Gasteiger partial charge >= 0.3 is 0 Å². The zero-order valence-electron chi connectivity index (χ0n) is 14.5. The van der Waals surface area contributed by atoms with Crippen molar-refractivity contribution in [2.24, 2.45) is 0 Å². The van der Waals surface area contributed by atoms with Gasteiger partial charge in [-0.3, -0.25) is 9.48 Å². The molecule has 0 spiro atoms. The Morgan fingerprint density at radius 3 is 2.67 bits per heavy atom. The quantitative estimate of drug-likeness (QED) is 0.721. The zero-order chi connectivity index (χ0) is 17.5. The minimum atomic E-state index is -0.0753. The van der Waals surface area contributed by atoms with Crippen LogP contribution >= 0.6 is 11.6 Å². The van der Waals surface area contributed by atoms with Crippen molar-refractivity contribution in [1.82, 2.24) is 20.4 Å². The van der Waals surface area contributed by atoms with E-state index in [0.29, 0.717) is 23.7 Å². The van der Waals surface area contributed by atoms with Gasteiger partial charge in [0.25, 0.3) is 5.91 Å². The minimum Gasteiger partial charge on any atom is -0.351 e. The normalized spacial score (nSPS) is 10.8. The average Bonchev–Trinajstić information content (AvgIpc) is 2.83. The van der Waals surface area contributed by atoms with Crippen LogP contribution in [-0.2, 0) is 6.54 Å². The first-order chi connectivity index (χ1) is 11.5. The Bertz CT molecular complexity index is 696. The lowest BCUT2D eigenvalue weighted by atomic mass is 10.1. The molecule has 0 aliphatic heterocycles. The van der Waals surface area contributed by atoms with Crippen LogP contribution in [0, 0.1) is 13.8 Å². The Morgan fingerprint density at radius 1 is 1.21 bits per heavy atom. The summed E-state index contributed by atoms with van der Waals surface area (Å²) in [6.07, 6.45) is 1.08. The van der Waals surface area contributed by atoms with Gasteiger partial charge in [0.15, 0.2) is 0 Å². The van der Waals surface area contributed by atoms with Crippen molar-refractivity contribution in [3.05, 3.63) is 51.8 Å². The molecule has 6 heteroatoms. The maximum absolute atomic E-state index is 12.4. The minimum absolute atomic E-state index is 0.0753. The van der Waals surface area contributed by atoms with E-state index in [1.165, 1.54) is 0 Å². The Labute approximate surface area is 148 Å². The average molecular weight is 349 g/mol. The summed E-state index contributed by atoms with van der Waals surface area (Å²) < 4.78 is 1.83. The van der Waals surface area contributed by atoms with Crippen LogP contribution in [0.3, 0.4) is 0 Å². The number of aromatic nitrogens is 2. The Balaban J connectivity index is 2.05. The second kappa shape index (κ2) is 8.85. The molecule has 0 atom stereocenters. The van der Waals surface area contributed by atoms with Gasteiger partial charge in [-0.05, 0) is 38.4 Å². The summed E-state index contributed by atoms with van der Waals surface area (Å²) in [4.78, 5) is 12.4. The van der Waals surface area contributed by atoms with Crippen LogP contribution in [-0.4, -0.2) is 35.3 Å². The summed E-state index contributed by atoms with van der Waals surface area (Å²) >= 11 is 6.22. The van der Waals surface area contributed by atoms with Gasteiger partial charge in [-0.1, -0.05) is 36.7 Å². The van der Waals surface area contributed by atoms with Crippen molar-refractivity contribution in [3.63, 3.8) is 0 Å². The lowest BCUT2D eigenvalue weighted by Crippen LogP contribution is -2.32. The molecule has 130 valence electrons. The van der Waals surface area contributed by atoms with Crippen molar-refractivity contribution >= 4 is 17.5 Å². The zero-order valence-corrected chi connectivity index (χ0v) is 15.3. The fourth-order valence-electron chi connectivity index (χ4n) is 2.62. The number of amides is 1. The SMILES string of the molecule is CCCNCCNC(=O)c1c(C)nn(Cc2ccccc2Cl)c1C. The smallest absolute Gasteiger partial charge is 0.255 e. The van der Waals surface area contributed by atoms with Crippen molar-refractivity contribution in [1.29, 1.82) is 0 Å². The topological polar surface area (TPSA) is 58.9 Å². The second-order valence-corrected chi connectivity index (χ2v) is 6.21. The van der Waals surface area contributed by atoms with Gasteiger partial charge in [-0.2, -0.15) is 5.10 Å². The Morgan fingerprint density at radius 2 is 1.96 bits per heavy atom. The highest BCUT2D eigenvalue weighted by molar-refractivity contribution is 6.31. The highest BCUT2D eigenvalue weighted by Gasteiger charge is 2.18. The lowest BCUT2D eigenvalue weighted by Gasteiger charge is -2.08. The molecule has 1 heterocycles. The van der Waals surface area contributed by atoms with E-state index in [1.807, 2.05) is 42.8 Å². The number of hydrogen-bond donors (Lipinski definition) is 2. The molecule has 0 fully saturated rings. The third kappa shape index (κ3) is 4.58. The first-order valence-electron chi connectivity index (χ1n) is 8.31. The number of nitrogens with zero attached hydrogens (tertiary/aromatic N) is 2. The number of halogens is 1. The molecule has 2 aromatic rings. The van der Waals surface area contributed by atoms with Crippen LogP contribution in [0.15, 0.2) is 24.3 Å². The maximum atomic E-state index is 12.4. The Hall–Kier alpha value is -1.85. The molecule has 0 saturated heterocycles. The summed E-state index contributed by atoms with van der Waals surface area (Å²) in [7, 11) is 0. The molecular weight excluding hydrogens is 324 g/mol. The molecule has 0 radical (unpaired) electrons. The van der Waals surface area contributed by atoms with Crippen LogP contribution in [0.2, 0.25) is 5.02 Å². The number of benzene rings is 1. The molecule has 5 nitrogen and oxygen atoms in total. The van der Waals surface area contributed by atoms with E-state index in [2.05, 4.69) is 22.7 Å². The van der Waals surface area contributed by atoms with E-state index >= 15 is 0 Å². The number of aryl methyl sites for hydroxylation is 1. The van der Waals surface area contributed by atoms with Crippen LogP contribution in [0.25, 0.3) is 0 Å². The van der Waals surface area contributed by atoms with Gasteiger partial charge in [0.05, 0.1) is 17.8 Å². The van der Waals surface area contributed by atoms with Gasteiger partial charge in [0, 0.05) is 23.8 Å². The Kier molecular flexibility index (Phi) is 6.82. The van der Waals surface area contributed by atoms with Crippen LogP contribution in [0.1, 0.15) is 40.7 Å². The summed E-state index contributed by atoms with van der Waals surface area (Å²) in [5.41, 5.74) is 3.23. The van der Waals surface area contributed by atoms with E-state index < -0.39 is 0 Å². The number of carbonyl (C=O) groups is 1. The summed E-state index contributed by atoms with van der Waals surface area (Å²) in [6, 6.07) is 7.68. The molecule has 0 bridgehead atoms. The number of carbonyl (C=O) groups excluding carboxylic acids is 1. The molecule has 1 aromatic carbocycles. The predicted octanol–water partition coefficient (Wildman–Crippen LogP) is 2.93. The van der Waals surface area contributed by atoms with E-state index in [0.717, 1.165) is 36.5 Å². The first-order valence-corrected chi connectivity index (χ1v) is 8.68. The van der Waals surface area contributed by atoms with Gasteiger partial charge in [-0.25, -0.2) is 0 Å². The van der Waals surface area contributed by atoms with E-state index in [4.69, 9.17) is 11.6 Å². The van der Waals surface area contributed by atoms with Gasteiger partial charge < -0.3 is 10.6 Å². The monoisotopic (exact) mass is 348 g/mol. The number of nitrogens with one attached hydrogen (secondary N) is 2. The fraction of sp³-hybridized carbons (Fsp3) is 0.444. The van der Waals surface area contributed by atoms with Crippen molar-refractivity contribution in [2.45, 2.75) is 33.7 Å². The molecular formula is C18H25ClN4O. The van der Waals surface area contributed by atoms with E-state index in [1.54, 1.807) is 0 Å². The number of rotatable bonds is 8. The molecule has 0 aliphatic carbocycles. The summed E-state index contributed by atoms with van der Waals surface area (Å²) in [6.45, 7) is 8.79. The molecule has 0 saturated carbocycles. The van der Waals surface area contributed by atoms with Gasteiger partial charge in [0.1, 0.15) is 0 Å². The van der Waals surface area contributed by atoms with Crippen molar-refractivity contribution < 1.29 is 4.79 Å². The van der Waals surface area contributed by atoms with Gasteiger partial charge in [-0.15, -0.1) is 0 Å². The second-order valence-electron chi connectivity index (χ2n) is 5.80.